The highest BCUT2D eigenvalue weighted by Gasteiger charge is 2.40. The van der Waals surface area contributed by atoms with Crippen LogP contribution >= 0.6 is 0 Å². The fourth-order valence-electron chi connectivity index (χ4n) is 3.47. The lowest BCUT2D eigenvalue weighted by molar-refractivity contribution is 0.0130. The second kappa shape index (κ2) is 6.45. The Kier molecular flexibility index (Phi) is 5.05. The first kappa shape index (κ1) is 16.4. The molecule has 118 valence electrons. The number of aromatic nitrogens is 1. The van der Waals surface area contributed by atoms with E-state index in [1.807, 2.05) is 18.5 Å². The summed E-state index contributed by atoms with van der Waals surface area (Å²) in [5.41, 5.74) is 1.86. The van der Waals surface area contributed by atoms with E-state index in [1.54, 1.807) is 0 Å². The Hall–Kier alpha value is -0.930. The van der Waals surface area contributed by atoms with Crippen LogP contribution in [0.2, 0.25) is 0 Å². The van der Waals surface area contributed by atoms with Gasteiger partial charge in [-0.15, -0.1) is 0 Å². The molecule has 0 aromatic carbocycles. The van der Waals surface area contributed by atoms with Crippen molar-refractivity contribution in [2.45, 2.75) is 65.6 Å². The normalized spacial score (nSPS) is 23.2. The smallest absolute Gasteiger partial charge is 0.0312 e. The monoisotopic (exact) mass is 289 g/mol. The van der Waals surface area contributed by atoms with Gasteiger partial charge in [0.1, 0.15) is 0 Å². The molecule has 2 heterocycles. The lowest BCUT2D eigenvalue weighted by Crippen LogP contribution is -2.66. The highest BCUT2D eigenvalue weighted by Crippen LogP contribution is 2.32. The predicted octanol–water partition coefficient (Wildman–Crippen LogP) is 3.46. The SMILES string of the molecule is CCC1(CC)CN(Cc2cccnc2)C(C(C)(C)C)CN1. The van der Waals surface area contributed by atoms with Crippen LogP contribution in [-0.2, 0) is 6.54 Å². The van der Waals surface area contributed by atoms with Gasteiger partial charge in [0.05, 0.1) is 0 Å². The van der Waals surface area contributed by atoms with Gasteiger partial charge in [-0.1, -0.05) is 40.7 Å². The first-order valence-corrected chi connectivity index (χ1v) is 8.28. The second-order valence-electron chi connectivity index (χ2n) is 7.52. The van der Waals surface area contributed by atoms with E-state index in [-0.39, 0.29) is 11.0 Å². The van der Waals surface area contributed by atoms with Gasteiger partial charge in [0.25, 0.3) is 0 Å². The quantitative estimate of drug-likeness (QED) is 0.920. The molecule has 1 aliphatic rings. The Bertz CT molecular complexity index is 432. The Morgan fingerprint density at radius 3 is 2.57 bits per heavy atom. The summed E-state index contributed by atoms with van der Waals surface area (Å²) in [6, 6.07) is 4.79. The van der Waals surface area contributed by atoms with Gasteiger partial charge < -0.3 is 5.32 Å². The molecule has 0 amide bonds. The summed E-state index contributed by atoms with van der Waals surface area (Å²) in [7, 11) is 0. The van der Waals surface area contributed by atoms with E-state index in [0.717, 1.165) is 19.6 Å². The van der Waals surface area contributed by atoms with Crippen LogP contribution in [0.5, 0.6) is 0 Å². The van der Waals surface area contributed by atoms with Crippen molar-refractivity contribution >= 4 is 0 Å². The minimum Gasteiger partial charge on any atom is -0.308 e. The molecule has 1 aromatic rings. The molecular weight excluding hydrogens is 258 g/mol. The van der Waals surface area contributed by atoms with E-state index in [0.29, 0.717) is 6.04 Å². The average molecular weight is 289 g/mol. The van der Waals surface area contributed by atoms with Gasteiger partial charge in [-0.3, -0.25) is 9.88 Å². The molecule has 3 heteroatoms. The van der Waals surface area contributed by atoms with Gasteiger partial charge in [-0.2, -0.15) is 0 Å². The van der Waals surface area contributed by atoms with Crippen molar-refractivity contribution in [1.82, 2.24) is 15.2 Å². The average Bonchev–Trinajstić information content (AvgIpc) is 2.47. The van der Waals surface area contributed by atoms with Crippen molar-refractivity contribution < 1.29 is 0 Å². The predicted molar refractivity (Wildman–Crippen MR) is 89.2 cm³/mol. The minimum absolute atomic E-state index is 0.268. The fourth-order valence-corrected chi connectivity index (χ4v) is 3.47. The molecule has 1 N–H and O–H groups in total. The first-order valence-electron chi connectivity index (χ1n) is 8.28. The number of nitrogens with zero attached hydrogens (tertiary/aromatic N) is 2. The third-order valence-electron chi connectivity index (χ3n) is 5.08. The van der Waals surface area contributed by atoms with Gasteiger partial charge in [0.2, 0.25) is 0 Å². The molecule has 3 nitrogen and oxygen atoms in total. The summed E-state index contributed by atoms with van der Waals surface area (Å²) < 4.78 is 0. The zero-order valence-electron chi connectivity index (χ0n) is 14.3. The van der Waals surface area contributed by atoms with Crippen LogP contribution in [-0.4, -0.2) is 34.6 Å². The second-order valence-corrected chi connectivity index (χ2v) is 7.52. The van der Waals surface area contributed by atoms with Crippen LogP contribution in [0.3, 0.4) is 0 Å². The number of hydrogen-bond donors (Lipinski definition) is 1. The lowest BCUT2D eigenvalue weighted by atomic mass is 9.80. The molecule has 0 aliphatic carbocycles. The largest absolute Gasteiger partial charge is 0.308 e. The first-order chi connectivity index (χ1) is 9.90. The summed E-state index contributed by atoms with van der Waals surface area (Å²) >= 11 is 0. The fraction of sp³-hybridized carbons (Fsp3) is 0.722. The van der Waals surface area contributed by atoms with E-state index in [4.69, 9.17) is 0 Å². The number of hydrogen-bond acceptors (Lipinski definition) is 3. The molecule has 0 bridgehead atoms. The van der Waals surface area contributed by atoms with Gasteiger partial charge in [-0.05, 0) is 29.9 Å². The molecule has 2 rings (SSSR count). The van der Waals surface area contributed by atoms with Crippen molar-refractivity contribution in [3.05, 3.63) is 30.1 Å². The molecule has 0 radical (unpaired) electrons. The number of rotatable bonds is 4. The Labute approximate surface area is 130 Å². The van der Waals surface area contributed by atoms with Crippen LogP contribution in [0.1, 0.15) is 53.0 Å². The highest BCUT2D eigenvalue weighted by atomic mass is 15.3. The van der Waals surface area contributed by atoms with E-state index in [9.17, 15) is 0 Å². The Balaban J connectivity index is 2.21. The standard InChI is InChI=1S/C18H31N3/c1-6-18(7-2)14-21(13-15-9-8-10-19-11-15)16(12-20-18)17(3,4)5/h8-11,16,20H,6-7,12-14H2,1-5H3. The zero-order valence-corrected chi connectivity index (χ0v) is 14.3. The van der Waals surface area contributed by atoms with Crippen LogP contribution < -0.4 is 5.32 Å². The van der Waals surface area contributed by atoms with E-state index >= 15 is 0 Å². The van der Waals surface area contributed by atoms with Crippen molar-refractivity contribution in [3.63, 3.8) is 0 Å². The lowest BCUT2D eigenvalue weighted by Gasteiger charge is -2.51. The maximum atomic E-state index is 4.27. The van der Waals surface area contributed by atoms with Crippen LogP contribution in [0, 0.1) is 5.41 Å². The van der Waals surface area contributed by atoms with Crippen molar-refractivity contribution in [2.24, 2.45) is 5.41 Å². The number of nitrogens with one attached hydrogen (secondary N) is 1. The molecule has 1 aliphatic heterocycles. The molecule has 1 atom stereocenters. The topological polar surface area (TPSA) is 28.2 Å². The van der Waals surface area contributed by atoms with E-state index < -0.39 is 0 Å². The van der Waals surface area contributed by atoms with Crippen LogP contribution in [0.15, 0.2) is 24.5 Å². The molecule has 1 aromatic heterocycles. The maximum absolute atomic E-state index is 4.27. The third kappa shape index (κ3) is 3.83. The molecular formula is C18H31N3. The van der Waals surface area contributed by atoms with Gasteiger partial charge >= 0.3 is 0 Å². The van der Waals surface area contributed by atoms with Crippen molar-refractivity contribution in [3.8, 4) is 0 Å². The van der Waals surface area contributed by atoms with E-state index in [2.05, 4.69) is 55.9 Å². The minimum atomic E-state index is 0.268. The summed E-state index contributed by atoms with van der Waals surface area (Å²) in [6.07, 6.45) is 6.22. The zero-order chi connectivity index (χ0) is 15.5. The summed E-state index contributed by atoms with van der Waals surface area (Å²) in [6.45, 7) is 14.8. The molecule has 0 spiro atoms. The highest BCUT2D eigenvalue weighted by molar-refractivity contribution is 5.10. The van der Waals surface area contributed by atoms with E-state index in [1.165, 1.54) is 18.4 Å². The van der Waals surface area contributed by atoms with Gasteiger partial charge in [0.15, 0.2) is 0 Å². The van der Waals surface area contributed by atoms with Gasteiger partial charge in [-0.25, -0.2) is 0 Å². The molecule has 1 unspecified atom stereocenters. The summed E-state index contributed by atoms with van der Waals surface area (Å²) in [5, 5.41) is 3.85. The van der Waals surface area contributed by atoms with Crippen molar-refractivity contribution in [1.29, 1.82) is 0 Å². The molecule has 1 fully saturated rings. The summed E-state index contributed by atoms with van der Waals surface area (Å²) in [5.74, 6) is 0. The van der Waals surface area contributed by atoms with Crippen molar-refractivity contribution in [2.75, 3.05) is 13.1 Å². The van der Waals surface area contributed by atoms with Crippen LogP contribution in [0.25, 0.3) is 0 Å². The molecule has 0 saturated carbocycles. The van der Waals surface area contributed by atoms with Gasteiger partial charge in [0, 0.05) is 43.6 Å². The number of piperazine rings is 1. The summed E-state index contributed by atoms with van der Waals surface area (Å²) in [4.78, 5) is 6.94. The molecule has 1 saturated heterocycles. The Morgan fingerprint density at radius 1 is 1.33 bits per heavy atom. The maximum Gasteiger partial charge on any atom is 0.0312 e. The third-order valence-corrected chi connectivity index (χ3v) is 5.08. The van der Waals surface area contributed by atoms with Crippen LogP contribution in [0.4, 0.5) is 0 Å². The molecule has 21 heavy (non-hydrogen) atoms. The Morgan fingerprint density at radius 2 is 2.05 bits per heavy atom. The number of pyridine rings is 1.